The van der Waals surface area contributed by atoms with E-state index in [9.17, 15) is 16.8 Å². The number of nitrogens with zero attached hydrogens (tertiary/aromatic N) is 4. The van der Waals surface area contributed by atoms with Gasteiger partial charge in [0.25, 0.3) is 0 Å². The number of rotatable bonds is 6. The third-order valence-corrected chi connectivity index (χ3v) is 7.65. The van der Waals surface area contributed by atoms with Crippen LogP contribution in [0.15, 0.2) is 55.5 Å². The Morgan fingerprint density at radius 2 is 1.81 bits per heavy atom. The molecule has 0 atom stereocenters. The number of aromatic nitrogens is 1. The molecule has 31 heavy (non-hydrogen) atoms. The van der Waals surface area contributed by atoms with Crippen LogP contribution in [0.4, 0.5) is 5.82 Å². The number of hydrogen-bond donors (Lipinski definition) is 4. The molecule has 12 nitrogen and oxygen atoms in total. The van der Waals surface area contributed by atoms with Crippen LogP contribution < -0.4 is 21.3 Å². The standard InChI is InChI=1S/C17H20N8O4S2/c18-10-5-11(6-10)25-31(28,29)13-3-2-12(9-1-4-14(19)21-7-9)15(16(13)30(20,26)27)17-22-8-23-24-17/h1-4,7,10-11,25H,5-6,8,18H2,(H2,19,21)(H2,20,26,27). The number of benzene rings is 1. The van der Waals surface area contributed by atoms with Gasteiger partial charge in [0.15, 0.2) is 12.5 Å². The van der Waals surface area contributed by atoms with Gasteiger partial charge in [-0.15, -0.1) is 5.11 Å². The molecule has 7 N–H and O–H groups in total. The summed E-state index contributed by atoms with van der Waals surface area (Å²) < 4.78 is 53.9. The average molecular weight is 465 g/mol. The highest BCUT2D eigenvalue weighted by atomic mass is 32.2. The highest BCUT2D eigenvalue weighted by molar-refractivity contribution is 7.92. The zero-order valence-electron chi connectivity index (χ0n) is 16.1. The van der Waals surface area contributed by atoms with Gasteiger partial charge < -0.3 is 11.5 Å². The van der Waals surface area contributed by atoms with Crippen molar-refractivity contribution in [2.75, 3.05) is 12.4 Å². The van der Waals surface area contributed by atoms with Gasteiger partial charge in [-0.2, -0.15) is 5.11 Å². The van der Waals surface area contributed by atoms with Gasteiger partial charge in [-0.3, -0.25) is 0 Å². The summed E-state index contributed by atoms with van der Waals surface area (Å²) in [6.45, 7) is -0.0198. The maximum absolute atomic E-state index is 13.1. The molecule has 2 aliphatic rings. The minimum atomic E-state index is -4.53. The predicted octanol–water partition coefficient (Wildman–Crippen LogP) is -0.0839. The number of hydrogen-bond acceptors (Lipinski definition) is 10. The molecule has 1 fully saturated rings. The number of nitrogen functional groups attached to an aromatic ring is 1. The fourth-order valence-corrected chi connectivity index (χ4v) is 6.35. The van der Waals surface area contributed by atoms with Crippen LogP contribution in [-0.4, -0.2) is 46.4 Å². The third-order valence-electron chi connectivity index (χ3n) is 4.96. The topological polar surface area (TPSA) is 208 Å². The second-order valence-electron chi connectivity index (χ2n) is 7.25. The van der Waals surface area contributed by atoms with E-state index in [2.05, 4.69) is 24.9 Å². The first-order valence-corrected chi connectivity index (χ1v) is 12.2. The van der Waals surface area contributed by atoms with Crippen LogP contribution in [0.1, 0.15) is 18.4 Å². The van der Waals surface area contributed by atoms with E-state index >= 15 is 0 Å². The van der Waals surface area contributed by atoms with Crippen LogP contribution in [-0.2, 0) is 20.0 Å². The molecule has 1 aliphatic carbocycles. The summed E-state index contributed by atoms with van der Waals surface area (Å²) >= 11 is 0. The smallest absolute Gasteiger partial charge is 0.242 e. The number of amidine groups is 1. The van der Waals surface area contributed by atoms with Crippen molar-refractivity contribution < 1.29 is 16.8 Å². The Morgan fingerprint density at radius 1 is 1.06 bits per heavy atom. The van der Waals surface area contributed by atoms with Gasteiger partial charge in [0, 0.05) is 23.8 Å². The Balaban J connectivity index is 1.96. The zero-order chi connectivity index (χ0) is 22.4. The molecule has 0 unspecified atom stereocenters. The van der Waals surface area contributed by atoms with Crippen LogP contribution in [0.3, 0.4) is 0 Å². The minimum absolute atomic E-state index is 0.0198. The number of azo groups is 1. The summed E-state index contributed by atoms with van der Waals surface area (Å²) in [6, 6.07) is 5.29. The molecular weight excluding hydrogens is 444 g/mol. The van der Waals surface area contributed by atoms with Crippen molar-refractivity contribution in [1.29, 1.82) is 0 Å². The van der Waals surface area contributed by atoms with Crippen LogP contribution in [0.2, 0.25) is 0 Å². The Morgan fingerprint density at radius 3 is 2.35 bits per heavy atom. The van der Waals surface area contributed by atoms with Crippen LogP contribution in [0, 0.1) is 0 Å². The van der Waals surface area contributed by atoms with Crippen LogP contribution in [0.25, 0.3) is 11.1 Å². The van der Waals surface area contributed by atoms with Gasteiger partial charge in [-0.05, 0) is 36.6 Å². The molecular formula is C17H20N8O4S2. The lowest BCUT2D eigenvalue weighted by Gasteiger charge is -2.32. The van der Waals surface area contributed by atoms with Gasteiger partial charge in [-0.1, -0.05) is 6.07 Å². The summed E-state index contributed by atoms with van der Waals surface area (Å²) in [5.41, 5.74) is 12.1. The monoisotopic (exact) mass is 464 g/mol. The molecule has 164 valence electrons. The van der Waals surface area contributed by atoms with E-state index in [1.807, 2.05) is 0 Å². The van der Waals surface area contributed by atoms with E-state index in [1.54, 1.807) is 6.07 Å². The first-order chi connectivity index (χ1) is 14.6. The fourth-order valence-electron chi connectivity index (χ4n) is 3.48. The van der Waals surface area contributed by atoms with Crippen molar-refractivity contribution in [1.82, 2.24) is 9.71 Å². The molecule has 1 saturated carbocycles. The van der Waals surface area contributed by atoms with E-state index < -0.39 is 29.8 Å². The van der Waals surface area contributed by atoms with E-state index in [0.29, 0.717) is 24.0 Å². The Kier molecular flexibility index (Phi) is 5.35. The summed E-state index contributed by atoms with van der Waals surface area (Å²) in [5, 5.41) is 13.1. The number of pyridine rings is 1. The first-order valence-electron chi connectivity index (χ1n) is 9.18. The van der Waals surface area contributed by atoms with E-state index in [1.165, 1.54) is 24.4 Å². The summed E-state index contributed by atoms with van der Waals surface area (Å²) in [4.78, 5) is 6.99. The second kappa shape index (κ2) is 7.72. The van der Waals surface area contributed by atoms with Gasteiger partial charge in [0.1, 0.15) is 15.6 Å². The summed E-state index contributed by atoms with van der Waals surface area (Å²) in [6.07, 6.45) is 2.33. The molecule has 14 heteroatoms. The molecule has 4 rings (SSSR count). The molecule has 1 aliphatic heterocycles. The van der Waals surface area contributed by atoms with Crippen molar-refractivity contribution in [3.05, 3.63) is 36.0 Å². The van der Waals surface area contributed by atoms with Crippen molar-refractivity contribution in [3.8, 4) is 11.1 Å². The molecule has 0 saturated heterocycles. The number of nitrogens with two attached hydrogens (primary N) is 3. The van der Waals surface area contributed by atoms with E-state index in [0.717, 1.165) is 0 Å². The maximum atomic E-state index is 13.1. The number of anilines is 1. The maximum Gasteiger partial charge on any atom is 0.242 e. The second-order valence-corrected chi connectivity index (χ2v) is 10.4. The van der Waals surface area contributed by atoms with Crippen molar-refractivity contribution in [2.45, 2.75) is 34.7 Å². The lowest BCUT2D eigenvalue weighted by atomic mass is 9.89. The van der Waals surface area contributed by atoms with Crippen LogP contribution >= 0.6 is 0 Å². The SMILES string of the molecule is Nc1ccc(-c2ccc(S(=O)(=O)NC3CC(N)C3)c(S(N)(=O)=O)c2C2=NCN=N2)cn1. The van der Waals surface area contributed by atoms with Gasteiger partial charge >= 0.3 is 0 Å². The van der Waals surface area contributed by atoms with Crippen molar-refractivity contribution in [2.24, 2.45) is 26.1 Å². The first kappa shape index (κ1) is 21.5. The predicted molar refractivity (Wildman–Crippen MR) is 113 cm³/mol. The summed E-state index contributed by atoms with van der Waals surface area (Å²) in [5.74, 6) is 0.218. The molecule has 0 bridgehead atoms. The average Bonchev–Trinajstić information content (AvgIpc) is 3.20. The molecule has 2 heterocycles. The lowest BCUT2D eigenvalue weighted by Crippen LogP contribution is -2.50. The van der Waals surface area contributed by atoms with Gasteiger partial charge in [0.2, 0.25) is 20.0 Å². The third kappa shape index (κ3) is 4.20. The van der Waals surface area contributed by atoms with Crippen molar-refractivity contribution in [3.63, 3.8) is 0 Å². The van der Waals surface area contributed by atoms with E-state index in [4.69, 9.17) is 16.6 Å². The Labute approximate surface area is 178 Å². The molecule has 0 spiro atoms. The minimum Gasteiger partial charge on any atom is -0.384 e. The molecule has 0 radical (unpaired) electrons. The Hall–Kier alpha value is -2.78. The van der Waals surface area contributed by atoms with E-state index in [-0.39, 0.29) is 36.0 Å². The number of nitrogens with one attached hydrogen (secondary N) is 1. The zero-order valence-corrected chi connectivity index (χ0v) is 17.8. The molecule has 1 aromatic carbocycles. The molecule has 2 aromatic rings. The number of sulfonamides is 2. The summed E-state index contributed by atoms with van der Waals surface area (Å²) in [7, 11) is -8.77. The largest absolute Gasteiger partial charge is 0.384 e. The normalized spacial score (nSPS) is 21.0. The lowest BCUT2D eigenvalue weighted by molar-refractivity contribution is 0.327. The van der Waals surface area contributed by atoms with Gasteiger partial charge in [0.05, 0.1) is 5.56 Å². The fraction of sp³-hybridized carbons (Fsp3) is 0.294. The highest BCUT2D eigenvalue weighted by Crippen LogP contribution is 2.35. The Bertz CT molecular complexity index is 1300. The number of primary sulfonamides is 1. The highest BCUT2D eigenvalue weighted by Gasteiger charge is 2.36. The quantitative estimate of drug-likeness (QED) is 0.456. The molecule has 0 amide bonds. The van der Waals surface area contributed by atoms with Crippen molar-refractivity contribution >= 4 is 31.7 Å². The molecule has 1 aromatic heterocycles. The van der Waals surface area contributed by atoms with Crippen LogP contribution in [0.5, 0.6) is 0 Å². The number of aliphatic imine (C=N–C) groups is 1. The van der Waals surface area contributed by atoms with Gasteiger partial charge in [-0.25, -0.2) is 36.7 Å².